The molecule has 1 saturated carbocycles. The number of nitrogens with one attached hydrogen (secondary N) is 1. The molecule has 1 N–H and O–H groups in total. The average Bonchev–Trinajstić information content (AvgIpc) is 2.53. The summed E-state index contributed by atoms with van der Waals surface area (Å²) < 4.78 is 0. The number of benzene rings is 1. The highest BCUT2D eigenvalue weighted by molar-refractivity contribution is 6.31. The zero-order valence-electron chi connectivity index (χ0n) is 13.3. The van der Waals surface area contributed by atoms with Crippen molar-refractivity contribution < 1.29 is 0 Å². The first-order valence-corrected chi connectivity index (χ1v) is 8.33. The summed E-state index contributed by atoms with van der Waals surface area (Å²) in [7, 11) is 1.93. The van der Waals surface area contributed by atoms with Crippen LogP contribution in [0.2, 0.25) is 5.02 Å². The van der Waals surface area contributed by atoms with Crippen molar-refractivity contribution in [2.75, 3.05) is 18.9 Å². The second-order valence-corrected chi connectivity index (χ2v) is 6.11. The van der Waals surface area contributed by atoms with Crippen molar-refractivity contribution in [3.05, 3.63) is 28.8 Å². The average molecular weight is 308 g/mol. The third-order valence-corrected chi connectivity index (χ3v) is 4.47. The molecular formula is C17H26ClN3. The molecule has 0 spiro atoms. The van der Waals surface area contributed by atoms with Crippen molar-refractivity contribution in [3.8, 4) is 0 Å². The van der Waals surface area contributed by atoms with Gasteiger partial charge in [0.25, 0.3) is 0 Å². The van der Waals surface area contributed by atoms with E-state index in [1.165, 1.54) is 32.1 Å². The van der Waals surface area contributed by atoms with E-state index < -0.39 is 0 Å². The number of nitrogens with zero attached hydrogens (tertiary/aromatic N) is 2. The van der Waals surface area contributed by atoms with E-state index in [1.54, 1.807) is 0 Å². The first-order valence-electron chi connectivity index (χ1n) is 7.95. The molecule has 4 heteroatoms. The van der Waals surface area contributed by atoms with Crippen LogP contribution >= 0.6 is 11.6 Å². The Kier molecular flexibility index (Phi) is 5.92. The van der Waals surface area contributed by atoms with Gasteiger partial charge < -0.3 is 5.32 Å². The summed E-state index contributed by atoms with van der Waals surface area (Å²) in [5, 5.41) is 11.1. The van der Waals surface area contributed by atoms with Crippen LogP contribution < -0.4 is 5.32 Å². The number of hydrogen-bond acceptors (Lipinski definition) is 3. The van der Waals surface area contributed by atoms with Crippen LogP contribution in [0.25, 0.3) is 0 Å². The first kappa shape index (κ1) is 16.2. The Labute approximate surface area is 133 Å². The van der Waals surface area contributed by atoms with Crippen LogP contribution in [0, 0.1) is 0 Å². The van der Waals surface area contributed by atoms with Gasteiger partial charge in [0.1, 0.15) is 0 Å². The quantitative estimate of drug-likeness (QED) is 0.627. The van der Waals surface area contributed by atoms with E-state index in [0.717, 1.165) is 28.5 Å². The predicted octanol–water partition coefficient (Wildman–Crippen LogP) is 4.76. The van der Waals surface area contributed by atoms with Crippen molar-refractivity contribution >= 4 is 23.0 Å². The second kappa shape index (κ2) is 7.69. The van der Waals surface area contributed by atoms with E-state index in [0.29, 0.717) is 6.04 Å². The van der Waals surface area contributed by atoms with Crippen molar-refractivity contribution in [1.82, 2.24) is 5.01 Å². The molecule has 0 aliphatic heterocycles. The molecule has 0 unspecified atom stereocenters. The summed E-state index contributed by atoms with van der Waals surface area (Å²) in [5.41, 5.74) is 3.17. The van der Waals surface area contributed by atoms with E-state index in [9.17, 15) is 0 Å². The molecule has 0 aromatic heterocycles. The number of rotatable bonds is 5. The van der Waals surface area contributed by atoms with Gasteiger partial charge in [-0.3, -0.25) is 5.01 Å². The molecule has 0 radical (unpaired) electrons. The summed E-state index contributed by atoms with van der Waals surface area (Å²) in [6.45, 7) is 5.21. The monoisotopic (exact) mass is 307 g/mol. The van der Waals surface area contributed by atoms with Gasteiger partial charge in [-0.05, 0) is 44.9 Å². The van der Waals surface area contributed by atoms with Crippen LogP contribution in [0.15, 0.2) is 23.3 Å². The Morgan fingerprint density at radius 2 is 2.05 bits per heavy atom. The summed E-state index contributed by atoms with van der Waals surface area (Å²) in [6.07, 6.45) is 6.55. The van der Waals surface area contributed by atoms with Gasteiger partial charge in [0, 0.05) is 35.9 Å². The predicted molar refractivity (Wildman–Crippen MR) is 92.5 cm³/mol. The SMILES string of the molecule is CCN(/N=C(/C)c1cc(Cl)ccc1NC)C1CCCCC1. The third kappa shape index (κ3) is 4.13. The second-order valence-electron chi connectivity index (χ2n) is 5.67. The maximum atomic E-state index is 6.14. The lowest BCUT2D eigenvalue weighted by Gasteiger charge is -2.32. The number of hydrazone groups is 1. The van der Waals surface area contributed by atoms with Crippen LogP contribution in [0.1, 0.15) is 51.5 Å². The number of hydrogen-bond donors (Lipinski definition) is 1. The third-order valence-electron chi connectivity index (χ3n) is 4.24. The minimum atomic E-state index is 0.593. The fourth-order valence-electron chi connectivity index (χ4n) is 3.07. The zero-order chi connectivity index (χ0) is 15.2. The molecule has 2 rings (SSSR count). The molecule has 1 aliphatic carbocycles. The van der Waals surface area contributed by atoms with Gasteiger partial charge in [-0.25, -0.2) is 0 Å². The minimum Gasteiger partial charge on any atom is -0.388 e. The molecule has 0 amide bonds. The summed E-state index contributed by atoms with van der Waals surface area (Å²) >= 11 is 6.14. The highest BCUT2D eigenvalue weighted by atomic mass is 35.5. The Morgan fingerprint density at radius 1 is 1.33 bits per heavy atom. The molecule has 1 aliphatic rings. The number of anilines is 1. The van der Waals surface area contributed by atoms with Gasteiger partial charge in [0.2, 0.25) is 0 Å². The Balaban J connectivity index is 2.23. The minimum absolute atomic E-state index is 0.593. The highest BCUT2D eigenvalue weighted by Crippen LogP contribution is 2.25. The van der Waals surface area contributed by atoms with E-state index in [4.69, 9.17) is 16.7 Å². The maximum absolute atomic E-state index is 6.14. The Morgan fingerprint density at radius 3 is 2.67 bits per heavy atom. The van der Waals surface area contributed by atoms with Gasteiger partial charge in [-0.15, -0.1) is 0 Å². The molecule has 0 saturated heterocycles. The van der Waals surface area contributed by atoms with Crippen LogP contribution in [0.3, 0.4) is 0 Å². The fourth-order valence-corrected chi connectivity index (χ4v) is 3.24. The van der Waals surface area contributed by atoms with Gasteiger partial charge >= 0.3 is 0 Å². The van der Waals surface area contributed by atoms with E-state index in [-0.39, 0.29) is 0 Å². The highest BCUT2D eigenvalue weighted by Gasteiger charge is 2.19. The lowest BCUT2D eigenvalue weighted by atomic mass is 9.95. The summed E-state index contributed by atoms with van der Waals surface area (Å²) in [4.78, 5) is 0. The summed E-state index contributed by atoms with van der Waals surface area (Å²) in [5.74, 6) is 0. The van der Waals surface area contributed by atoms with E-state index >= 15 is 0 Å². The van der Waals surface area contributed by atoms with E-state index in [1.807, 2.05) is 25.2 Å². The molecule has 21 heavy (non-hydrogen) atoms. The molecule has 116 valence electrons. The first-order chi connectivity index (χ1) is 10.2. The van der Waals surface area contributed by atoms with Crippen LogP contribution in [0.5, 0.6) is 0 Å². The Bertz CT molecular complexity index is 493. The molecule has 1 aromatic carbocycles. The zero-order valence-corrected chi connectivity index (χ0v) is 14.1. The van der Waals surface area contributed by atoms with Crippen LogP contribution in [-0.4, -0.2) is 30.4 Å². The fraction of sp³-hybridized carbons (Fsp3) is 0.588. The van der Waals surface area contributed by atoms with Crippen molar-refractivity contribution in [2.24, 2.45) is 5.10 Å². The van der Waals surface area contributed by atoms with Crippen LogP contribution in [-0.2, 0) is 0 Å². The van der Waals surface area contributed by atoms with Crippen molar-refractivity contribution in [2.45, 2.75) is 52.0 Å². The van der Waals surface area contributed by atoms with E-state index in [2.05, 4.69) is 24.2 Å². The lowest BCUT2D eigenvalue weighted by molar-refractivity contribution is 0.170. The standard InChI is InChI=1S/C17H26ClN3/c1-4-21(15-8-6-5-7-9-15)20-13(2)16-12-14(18)10-11-17(16)19-3/h10-12,15,19H,4-9H2,1-3H3/b20-13-. The largest absolute Gasteiger partial charge is 0.388 e. The maximum Gasteiger partial charge on any atom is 0.0668 e. The molecular weight excluding hydrogens is 282 g/mol. The Hall–Kier alpha value is -1.22. The van der Waals surface area contributed by atoms with Crippen molar-refractivity contribution in [3.63, 3.8) is 0 Å². The van der Waals surface area contributed by atoms with Gasteiger partial charge in [0.05, 0.1) is 5.71 Å². The smallest absolute Gasteiger partial charge is 0.0668 e. The molecule has 0 bridgehead atoms. The lowest BCUT2D eigenvalue weighted by Crippen LogP contribution is -2.33. The molecule has 1 aromatic rings. The summed E-state index contributed by atoms with van der Waals surface area (Å²) in [6, 6.07) is 6.49. The normalized spacial score (nSPS) is 16.9. The van der Waals surface area contributed by atoms with Crippen LogP contribution in [0.4, 0.5) is 5.69 Å². The molecule has 0 heterocycles. The molecule has 3 nitrogen and oxygen atoms in total. The molecule has 0 atom stereocenters. The van der Waals surface area contributed by atoms with Gasteiger partial charge in [-0.2, -0.15) is 5.10 Å². The van der Waals surface area contributed by atoms with Gasteiger partial charge in [-0.1, -0.05) is 30.9 Å². The van der Waals surface area contributed by atoms with Crippen molar-refractivity contribution in [1.29, 1.82) is 0 Å². The van der Waals surface area contributed by atoms with Gasteiger partial charge in [0.15, 0.2) is 0 Å². The topological polar surface area (TPSA) is 27.6 Å². The number of halogens is 1. The molecule has 1 fully saturated rings.